The quantitative estimate of drug-likeness (QED) is 0.348. The van der Waals surface area contributed by atoms with Gasteiger partial charge in [0.2, 0.25) is 23.3 Å². The first-order valence-corrected chi connectivity index (χ1v) is 5.65. The molecular weight excluding hydrogens is 320 g/mol. The van der Waals surface area contributed by atoms with Crippen LogP contribution in [0.3, 0.4) is 0 Å². The van der Waals surface area contributed by atoms with Gasteiger partial charge < -0.3 is 9.31 Å². The highest BCUT2D eigenvalue weighted by atomic mass is 19.2. The van der Waals surface area contributed by atoms with Crippen LogP contribution in [0.25, 0.3) is 0 Å². The van der Waals surface area contributed by atoms with E-state index in [1.54, 1.807) is 0 Å². The fourth-order valence-corrected chi connectivity index (χ4v) is 1.89. The van der Waals surface area contributed by atoms with Gasteiger partial charge >= 0.3 is 7.12 Å². The van der Waals surface area contributed by atoms with E-state index in [1.807, 2.05) is 0 Å². The van der Waals surface area contributed by atoms with E-state index in [9.17, 15) is 30.7 Å². The van der Waals surface area contributed by atoms with Gasteiger partial charge in [-0.2, -0.15) is 8.78 Å². The summed E-state index contributed by atoms with van der Waals surface area (Å²) < 4.78 is 102. The molecule has 2 nitrogen and oxygen atoms in total. The van der Waals surface area contributed by atoms with Crippen molar-refractivity contribution in [3.63, 3.8) is 0 Å². The summed E-state index contributed by atoms with van der Waals surface area (Å²) in [5, 5.41) is 0. The maximum atomic E-state index is 13.5. The predicted molar refractivity (Wildman–Crippen MR) is 59.2 cm³/mol. The number of halogens is 7. The molecular formula is C12H2BF7O2. The molecule has 2 aromatic carbocycles. The van der Waals surface area contributed by atoms with E-state index in [-0.39, 0.29) is 0 Å². The van der Waals surface area contributed by atoms with Crippen molar-refractivity contribution in [1.82, 2.24) is 0 Å². The van der Waals surface area contributed by atoms with Crippen LogP contribution in [0, 0.1) is 40.7 Å². The molecule has 0 spiro atoms. The normalized spacial score (nSPS) is 13.0. The van der Waals surface area contributed by atoms with Crippen LogP contribution >= 0.6 is 0 Å². The Morgan fingerprint density at radius 1 is 0.591 bits per heavy atom. The number of fused-ring (bicyclic) bond motifs is 1. The van der Waals surface area contributed by atoms with Crippen molar-refractivity contribution >= 4 is 12.6 Å². The van der Waals surface area contributed by atoms with Gasteiger partial charge in [-0.25, -0.2) is 22.0 Å². The molecule has 3 rings (SSSR count). The van der Waals surface area contributed by atoms with Gasteiger partial charge in [0.05, 0.1) is 0 Å². The van der Waals surface area contributed by atoms with Crippen LogP contribution in [0.1, 0.15) is 0 Å². The summed E-state index contributed by atoms with van der Waals surface area (Å²) in [5.74, 6) is -15.1. The third-order valence-electron chi connectivity index (χ3n) is 2.91. The molecule has 114 valence electrons. The summed E-state index contributed by atoms with van der Waals surface area (Å²) in [6.45, 7) is 0. The first-order chi connectivity index (χ1) is 10.3. The Morgan fingerprint density at radius 3 is 1.41 bits per heavy atom. The molecule has 0 atom stereocenters. The average Bonchev–Trinajstić information content (AvgIpc) is 2.93. The second-order valence-electron chi connectivity index (χ2n) is 4.28. The molecule has 0 bridgehead atoms. The van der Waals surface area contributed by atoms with E-state index < -0.39 is 64.8 Å². The molecule has 1 heterocycles. The summed E-state index contributed by atoms with van der Waals surface area (Å²) in [4.78, 5) is 0. The van der Waals surface area contributed by atoms with E-state index >= 15 is 0 Å². The fraction of sp³-hybridized carbons (Fsp3) is 0. The van der Waals surface area contributed by atoms with Crippen LogP contribution < -0.4 is 14.8 Å². The molecule has 0 fully saturated rings. The molecule has 22 heavy (non-hydrogen) atoms. The summed E-state index contributed by atoms with van der Waals surface area (Å²) >= 11 is 0. The molecule has 0 saturated carbocycles. The second kappa shape index (κ2) is 4.82. The lowest BCUT2D eigenvalue weighted by atomic mass is 9.79. The number of hydrogen-bond donors (Lipinski definition) is 0. The lowest BCUT2D eigenvalue weighted by molar-refractivity contribution is 0.388. The van der Waals surface area contributed by atoms with Crippen molar-refractivity contribution in [3.05, 3.63) is 52.9 Å². The van der Waals surface area contributed by atoms with Crippen LogP contribution in [-0.2, 0) is 0 Å². The minimum atomic E-state index is -2.13. The molecule has 1 aliphatic heterocycles. The highest BCUT2D eigenvalue weighted by molar-refractivity contribution is 6.63. The molecule has 0 unspecified atom stereocenters. The summed E-state index contributed by atoms with van der Waals surface area (Å²) in [7, 11) is -1.80. The minimum absolute atomic E-state index is 0.456. The van der Waals surface area contributed by atoms with Gasteiger partial charge in [-0.3, -0.25) is 0 Å². The van der Waals surface area contributed by atoms with Crippen molar-refractivity contribution in [3.8, 4) is 11.5 Å². The van der Waals surface area contributed by atoms with Crippen molar-refractivity contribution in [2.75, 3.05) is 0 Å². The lowest BCUT2D eigenvalue weighted by Crippen LogP contribution is -2.40. The predicted octanol–water partition coefficient (Wildman–Crippen LogP) is 2.83. The highest BCUT2D eigenvalue weighted by Gasteiger charge is 2.42. The van der Waals surface area contributed by atoms with E-state index in [0.717, 1.165) is 0 Å². The third kappa shape index (κ3) is 1.98. The number of rotatable bonds is 1. The summed E-state index contributed by atoms with van der Waals surface area (Å²) in [5.41, 5.74) is -0.479. The molecule has 10 heteroatoms. The second-order valence-corrected chi connectivity index (χ2v) is 4.28. The van der Waals surface area contributed by atoms with Crippen LogP contribution in [-0.4, -0.2) is 7.12 Å². The lowest BCUT2D eigenvalue weighted by Gasteiger charge is -2.06. The van der Waals surface area contributed by atoms with Gasteiger partial charge in [0, 0.05) is 5.46 Å². The van der Waals surface area contributed by atoms with E-state index in [0.29, 0.717) is 12.1 Å². The van der Waals surface area contributed by atoms with Crippen molar-refractivity contribution < 1.29 is 40.0 Å². The molecule has 0 radical (unpaired) electrons. The van der Waals surface area contributed by atoms with Crippen LogP contribution in [0.5, 0.6) is 11.5 Å². The minimum Gasteiger partial charge on any atom is -0.517 e. The Balaban J connectivity index is 2.06. The smallest absolute Gasteiger partial charge is 0.517 e. The Hall–Kier alpha value is -2.39. The van der Waals surface area contributed by atoms with Gasteiger partial charge in [-0.05, 0) is 12.1 Å². The van der Waals surface area contributed by atoms with Gasteiger partial charge in [0.15, 0.2) is 29.0 Å². The Labute approximate surface area is 118 Å². The number of benzene rings is 2. The van der Waals surface area contributed by atoms with Gasteiger partial charge in [0.25, 0.3) is 0 Å². The standard InChI is InChI=1S/C12H2BF7O2/c14-4-1-3(2-5(15)6(4)16)13-21-11-9(19)7(17)8(18)10(20)12(11)22-13/h1-2H. The van der Waals surface area contributed by atoms with E-state index in [1.165, 1.54) is 0 Å². The first kappa shape index (κ1) is 14.5. The van der Waals surface area contributed by atoms with E-state index in [4.69, 9.17) is 9.31 Å². The molecule has 0 amide bonds. The van der Waals surface area contributed by atoms with Crippen molar-refractivity contribution in [1.29, 1.82) is 0 Å². The molecule has 0 saturated heterocycles. The van der Waals surface area contributed by atoms with Gasteiger partial charge in [-0.15, -0.1) is 0 Å². The van der Waals surface area contributed by atoms with Gasteiger partial charge in [0.1, 0.15) is 0 Å². The summed E-state index contributed by atoms with van der Waals surface area (Å²) in [6.07, 6.45) is 0. The Bertz CT molecular complexity index is 736. The van der Waals surface area contributed by atoms with E-state index in [2.05, 4.69) is 0 Å². The number of hydrogen-bond acceptors (Lipinski definition) is 2. The molecule has 0 aliphatic carbocycles. The van der Waals surface area contributed by atoms with Crippen LogP contribution in [0.2, 0.25) is 0 Å². The third-order valence-corrected chi connectivity index (χ3v) is 2.91. The molecule has 2 aromatic rings. The fourth-order valence-electron chi connectivity index (χ4n) is 1.89. The summed E-state index contributed by atoms with van der Waals surface area (Å²) in [6, 6.07) is 0.912. The topological polar surface area (TPSA) is 18.5 Å². The first-order valence-electron chi connectivity index (χ1n) is 5.65. The zero-order valence-corrected chi connectivity index (χ0v) is 10.2. The van der Waals surface area contributed by atoms with Gasteiger partial charge in [-0.1, -0.05) is 0 Å². The highest BCUT2D eigenvalue weighted by Crippen LogP contribution is 2.41. The molecule has 1 aliphatic rings. The largest absolute Gasteiger partial charge is 0.633 e. The zero-order chi connectivity index (χ0) is 16.2. The zero-order valence-electron chi connectivity index (χ0n) is 10.2. The molecule has 0 N–H and O–H groups in total. The monoisotopic (exact) mass is 322 g/mol. The Morgan fingerprint density at radius 2 is 1.00 bits per heavy atom. The Kier molecular flexibility index (Phi) is 3.19. The maximum absolute atomic E-state index is 13.5. The maximum Gasteiger partial charge on any atom is 0.633 e. The van der Waals surface area contributed by atoms with Crippen molar-refractivity contribution in [2.45, 2.75) is 0 Å². The van der Waals surface area contributed by atoms with Crippen LogP contribution in [0.4, 0.5) is 30.7 Å². The van der Waals surface area contributed by atoms with Crippen LogP contribution in [0.15, 0.2) is 12.1 Å². The van der Waals surface area contributed by atoms with Crippen molar-refractivity contribution in [2.24, 2.45) is 0 Å². The SMILES string of the molecule is Fc1cc(B2Oc3c(F)c(F)c(F)c(F)c3O2)cc(F)c1F. The molecule has 0 aromatic heterocycles. The average molecular weight is 322 g/mol.